The second kappa shape index (κ2) is 6.61. The monoisotopic (exact) mass is 257 g/mol. The van der Waals surface area contributed by atoms with Crippen molar-refractivity contribution in [2.45, 2.75) is 31.8 Å². The molecule has 1 aliphatic heterocycles. The van der Waals surface area contributed by atoms with E-state index in [4.69, 9.17) is 0 Å². The molecule has 0 bridgehead atoms. The lowest BCUT2D eigenvalue weighted by molar-refractivity contribution is -0.122. The predicted molar refractivity (Wildman–Crippen MR) is 72.4 cm³/mol. The maximum atomic E-state index is 11.7. The Morgan fingerprint density at radius 1 is 1.41 bits per heavy atom. The molecule has 2 rings (SSSR count). The van der Waals surface area contributed by atoms with Crippen LogP contribution in [0.15, 0.2) is 0 Å². The topological polar surface area (TPSA) is 44.4 Å². The lowest BCUT2D eigenvalue weighted by atomic mass is 10.3. The molecule has 1 atom stereocenters. The number of hydrogen-bond acceptors (Lipinski definition) is 4. The van der Waals surface area contributed by atoms with E-state index in [-0.39, 0.29) is 11.9 Å². The molecule has 1 heterocycles. The molecule has 0 radical (unpaired) electrons. The molecule has 0 aromatic heterocycles. The SMILES string of the molecule is CC(NCCN1CCSCC1)C(=O)NC1CC1. The van der Waals surface area contributed by atoms with E-state index >= 15 is 0 Å². The van der Waals surface area contributed by atoms with Gasteiger partial charge in [-0.2, -0.15) is 11.8 Å². The summed E-state index contributed by atoms with van der Waals surface area (Å²) in [6.45, 7) is 6.29. The van der Waals surface area contributed by atoms with Gasteiger partial charge >= 0.3 is 0 Å². The first-order valence-corrected chi connectivity index (χ1v) is 7.75. The van der Waals surface area contributed by atoms with Gasteiger partial charge in [-0.1, -0.05) is 0 Å². The van der Waals surface area contributed by atoms with Crippen molar-refractivity contribution in [1.29, 1.82) is 0 Å². The fourth-order valence-electron chi connectivity index (χ4n) is 1.91. The molecule has 2 N–H and O–H groups in total. The van der Waals surface area contributed by atoms with Crippen LogP contribution in [0.2, 0.25) is 0 Å². The van der Waals surface area contributed by atoms with E-state index in [2.05, 4.69) is 15.5 Å². The van der Waals surface area contributed by atoms with Crippen LogP contribution in [0.25, 0.3) is 0 Å². The lowest BCUT2D eigenvalue weighted by Crippen LogP contribution is -2.46. The molecular weight excluding hydrogens is 234 g/mol. The van der Waals surface area contributed by atoms with Gasteiger partial charge in [0.25, 0.3) is 0 Å². The zero-order chi connectivity index (χ0) is 12.1. The van der Waals surface area contributed by atoms with Crippen LogP contribution in [0.1, 0.15) is 19.8 Å². The van der Waals surface area contributed by atoms with Crippen molar-refractivity contribution in [3.05, 3.63) is 0 Å². The van der Waals surface area contributed by atoms with Crippen LogP contribution >= 0.6 is 11.8 Å². The average molecular weight is 257 g/mol. The average Bonchev–Trinajstić information content (AvgIpc) is 3.14. The van der Waals surface area contributed by atoms with Crippen LogP contribution in [-0.4, -0.2) is 60.6 Å². The van der Waals surface area contributed by atoms with Crippen LogP contribution in [0.4, 0.5) is 0 Å². The zero-order valence-corrected chi connectivity index (χ0v) is 11.4. The number of nitrogens with one attached hydrogen (secondary N) is 2. The van der Waals surface area contributed by atoms with Crippen LogP contribution in [0.3, 0.4) is 0 Å². The molecule has 4 nitrogen and oxygen atoms in total. The summed E-state index contributed by atoms with van der Waals surface area (Å²) in [6, 6.07) is 0.403. The molecule has 1 unspecified atom stereocenters. The molecule has 1 amide bonds. The maximum absolute atomic E-state index is 11.7. The van der Waals surface area contributed by atoms with Gasteiger partial charge in [0.2, 0.25) is 5.91 Å². The molecule has 5 heteroatoms. The number of amides is 1. The summed E-state index contributed by atoms with van der Waals surface area (Å²) in [7, 11) is 0. The number of carbonyl (C=O) groups is 1. The molecule has 0 aromatic carbocycles. The summed E-state index contributed by atoms with van der Waals surface area (Å²) < 4.78 is 0. The van der Waals surface area contributed by atoms with E-state index in [1.807, 2.05) is 18.7 Å². The quantitative estimate of drug-likeness (QED) is 0.718. The third kappa shape index (κ3) is 4.85. The summed E-state index contributed by atoms with van der Waals surface area (Å²) in [6.07, 6.45) is 2.31. The largest absolute Gasteiger partial charge is 0.352 e. The molecular formula is C12H23N3OS. The highest BCUT2D eigenvalue weighted by molar-refractivity contribution is 7.99. The fraction of sp³-hybridized carbons (Fsp3) is 0.917. The smallest absolute Gasteiger partial charge is 0.237 e. The molecule has 2 fully saturated rings. The molecule has 1 saturated carbocycles. The number of carbonyl (C=O) groups excluding carboxylic acids is 1. The predicted octanol–water partition coefficient (Wildman–Crippen LogP) is 0.292. The Morgan fingerprint density at radius 2 is 2.12 bits per heavy atom. The number of hydrogen-bond donors (Lipinski definition) is 2. The van der Waals surface area contributed by atoms with Crippen molar-refractivity contribution in [3.63, 3.8) is 0 Å². The standard InChI is InChI=1S/C12H23N3OS/c1-10(12(16)14-11-2-3-11)13-4-5-15-6-8-17-9-7-15/h10-11,13H,2-9H2,1H3,(H,14,16). The zero-order valence-electron chi connectivity index (χ0n) is 10.6. The first-order valence-electron chi connectivity index (χ1n) is 6.59. The normalized spacial score (nSPS) is 23.4. The Hall–Kier alpha value is -0.260. The van der Waals surface area contributed by atoms with Gasteiger partial charge in [0.15, 0.2) is 0 Å². The molecule has 98 valence electrons. The highest BCUT2D eigenvalue weighted by atomic mass is 32.2. The first-order chi connectivity index (χ1) is 8.25. The van der Waals surface area contributed by atoms with E-state index in [1.165, 1.54) is 24.6 Å². The Bertz CT molecular complexity index is 252. The van der Waals surface area contributed by atoms with Crippen molar-refractivity contribution >= 4 is 17.7 Å². The van der Waals surface area contributed by atoms with Crippen molar-refractivity contribution in [3.8, 4) is 0 Å². The number of rotatable bonds is 6. The fourth-order valence-corrected chi connectivity index (χ4v) is 2.89. The van der Waals surface area contributed by atoms with Crippen LogP contribution in [-0.2, 0) is 4.79 Å². The van der Waals surface area contributed by atoms with Crippen molar-refractivity contribution in [2.75, 3.05) is 37.7 Å². The molecule has 0 aromatic rings. The lowest BCUT2D eigenvalue weighted by Gasteiger charge is -2.26. The van der Waals surface area contributed by atoms with Gasteiger partial charge in [-0.15, -0.1) is 0 Å². The third-order valence-electron chi connectivity index (χ3n) is 3.30. The third-order valence-corrected chi connectivity index (χ3v) is 4.24. The van der Waals surface area contributed by atoms with Crippen LogP contribution in [0, 0.1) is 0 Å². The Morgan fingerprint density at radius 3 is 2.76 bits per heavy atom. The minimum absolute atomic E-state index is 0.0604. The molecule has 1 saturated heterocycles. The molecule has 0 spiro atoms. The molecule has 1 aliphatic carbocycles. The highest BCUT2D eigenvalue weighted by Gasteiger charge is 2.25. The van der Waals surface area contributed by atoms with Gasteiger partial charge in [-0.05, 0) is 19.8 Å². The maximum Gasteiger partial charge on any atom is 0.237 e. The second-order valence-corrected chi connectivity index (χ2v) is 6.14. The number of nitrogens with zero attached hydrogens (tertiary/aromatic N) is 1. The first kappa shape index (κ1) is 13.2. The molecule has 17 heavy (non-hydrogen) atoms. The summed E-state index contributed by atoms with van der Waals surface area (Å²) in [5, 5.41) is 6.33. The summed E-state index contributed by atoms with van der Waals surface area (Å²) in [5.74, 6) is 2.65. The Balaban J connectivity index is 1.55. The van der Waals surface area contributed by atoms with Gasteiger partial charge in [0.05, 0.1) is 6.04 Å². The van der Waals surface area contributed by atoms with E-state index in [0.29, 0.717) is 6.04 Å². The Kier molecular flexibility index (Phi) is 5.13. The minimum Gasteiger partial charge on any atom is -0.352 e. The van der Waals surface area contributed by atoms with E-state index in [0.717, 1.165) is 25.9 Å². The van der Waals surface area contributed by atoms with E-state index < -0.39 is 0 Å². The van der Waals surface area contributed by atoms with Crippen molar-refractivity contribution in [1.82, 2.24) is 15.5 Å². The Labute approximate surface area is 108 Å². The van der Waals surface area contributed by atoms with E-state index in [1.54, 1.807) is 0 Å². The van der Waals surface area contributed by atoms with Crippen molar-refractivity contribution < 1.29 is 4.79 Å². The minimum atomic E-state index is -0.0604. The van der Waals surface area contributed by atoms with Crippen LogP contribution in [0.5, 0.6) is 0 Å². The van der Waals surface area contributed by atoms with Crippen LogP contribution < -0.4 is 10.6 Å². The van der Waals surface area contributed by atoms with Crippen molar-refractivity contribution in [2.24, 2.45) is 0 Å². The second-order valence-electron chi connectivity index (χ2n) is 4.91. The molecule has 2 aliphatic rings. The van der Waals surface area contributed by atoms with Gasteiger partial charge in [0, 0.05) is 43.7 Å². The summed E-state index contributed by atoms with van der Waals surface area (Å²) in [5.41, 5.74) is 0. The van der Waals surface area contributed by atoms with Gasteiger partial charge < -0.3 is 15.5 Å². The van der Waals surface area contributed by atoms with E-state index in [9.17, 15) is 4.79 Å². The van der Waals surface area contributed by atoms with Gasteiger partial charge in [-0.25, -0.2) is 0 Å². The summed E-state index contributed by atoms with van der Waals surface area (Å²) >= 11 is 2.03. The van der Waals surface area contributed by atoms with Gasteiger partial charge in [0.1, 0.15) is 0 Å². The highest BCUT2D eigenvalue weighted by Crippen LogP contribution is 2.18. The number of thioether (sulfide) groups is 1. The van der Waals surface area contributed by atoms with Gasteiger partial charge in [-0.3, -0.25) is 4.79 Å². The summed E-state index contributed by atoms with van der Waals surface area (Å²) in [4.78, 5) is 14.2.